The second-order valence-corrected chi connectivity index (χ2v) is 6.29. The minimum Gasteiger partial charge on any atom is -0.234 e. The monoisotopic (exact) mass is 348 g/mol. The molecule has 0 aliphatic heterocycles. The van der Waals surface area contributed by atoms with Gasteiger partial charge in [0.1, 0.15) is 0 Å². The van der Waals surface area contributed by atoms with E-state index in [0.717, 1.165) is 22.5 Å². The number of nitrogens with zero attached hydrogens (tertiary/aromatic N) is 2. The Morgan fingerprint density at radius 2 is 1.30 bits per heavy atom. The molecule has 0 bridgehead atoms. The van der Waals surface area contributed by atoms with E-state index in [1.54, 1.807) is 0 Å². The number of hydrazone groups is 1. The zero-order chi connectivity index (χ0) is 18.5. The molecule has 27 heavy (non-hydrogen) atoms. The Kier molecular flexibility index (Phi) is 4.80. The van der Waals surface area contributed by atoms with Gasteiger partial charge < -0.3 is 0 Å². The molecule has 0 unspecified atom stereocenters. The molecule has 0 heterocycles. The lowest BCUT2D eigenvalue weighted by Gasteiger charge is -2.20. The summed E-state index contributed by atoms with van der Waals surface area (Å²) in [4.78, 5) is 0. The first-order chi connectivity index (χ1) is 13.3. The molecule has 0 spiro atoms. The third-order valence-corrected chi connectivity index (χ3v) is 4.47. The fraction of sp³-hybridized carbons (Fsp3) is 0. The molecule has 0 atom stereocenters. The van der Waals surface area contributed by atoms with E-state index in [1.807, 2.05) is 59.8 Å². The largest absolute Gasteiger partial charge is 0.234 e. The summed E-state index contributed by atoms with van der Waals surface area (Å²) in [5, 5.41) is 9.16. The summed E-state index contributed by atoms with van der Waals surface area (Å²) in [6.07, 6.45) is 3.72. The predicted octanol–water partition coefficient (Wildman–Crippen LogP) is 6.66. The third-order valence-electron chi connectivity index (χ3n) is 4.47. The summed E-state index contributed by atoms with van der Waals surface area (Å²) in [5.74, 6) is 0. The first-order valence-corrected chi connectivity index (χ1v) is 8.94. The molecular formula is C25H20N2. The van der Waals surface area contributed by atoms with E-state index < -0.39 is 0 Å². The van der Waals surface area contributed by atoms with Crippen molar-refractivity contribution in [1.29, 1.82) is 0 Å². The van der Waals surface area contributed by atoms with Crippen LogP contribution in [0.1, 0.15) is 11.1 Å². The smallest absolute Gasteiger partial charge is 0.0659 e. The molecule has 0 radical (unpaired) electrons. The molecule has 0 aliphatic rings. The second-order valence-electron chi connectivity index (χ2n) is 6.29. The van der Waals surface area contributed by atoms with Gasteiger partial charge in [-0.15, -0.1) is 0 Å². The Labute approximate surface area is 159 Å². The molecule has 0 saturated carbocycles. The maximum Gasteiger partial charge on any atom is 0.0659 e. The van der Waals surface area contributed by atoms with Gasteiger partial charge in [0.25, 0.3) is 0 Å². The van der Waals surface area contributed by atoms with Gasteiger partial charge >= 0.3 is 0 Å². The molecule has 0 N–H and O–H groups in total. The Bertz CT molecular complexity index is 1080. The van der Waals surface area contributed by atoms with Gasteiger partial charge in [0.05, 0.1) is 17.6 Å². The van der Waals surface area contributed by atoms with Crippen LogP contribution in [-0.4, -0.2) is 6.21 Å². The molecule has 0 aliphatic carbocycles. The Morgan fingerprint density at radius 3 is 2.04 bits per heavy atom. The molecular weight excluding hydrogens is 328 g/mol. The van der Waals surface area contributed by atoms with Crippen molar-refractivity contribution in [2.75, 3.05) is 5.01 Å². The van der Waals surface area contributed by atoms with Crippen molar-refractivity contribution in [1.82, 2.24) is 0 Å². The fourth-order valence-corrected chi connectivity index (χ4v) is 3.00. The fourth-order valence-electron chi connectivity index (χ4n) is 3.00. The van der Waals surface area contributed by atoms with Gasteiger partial charge in [0.15, 0.2) is 0 Å². The van der Waals surface area contributed by atoms with E-state index in [4.69, 9.17) is 5.10 Å². The lowest BCUT2D eigenvalue weighted by molar-refractivity contribution is 1.09. The standard InChI is InChI=1S/C25H20N2/c1-2-20-12-14-21(15-13-20)19-26-27(24-10-4-3-5-11-24)25-17-16-22-8-6-7-9-23(22)18-25/h2-19H,1H2. The maximum atomic E-state index is 4.78. The van der Waals surface area contributed by atoms with Crippen molar-refractivity contribution in [3.8, 4) is 0 Å². The molecule has 2 nitrogen and oxygen atoms in total. The van der Waals surface area contributed by atoms with Crippen molar-refractivity contribution < 1.29 is 0 Å². The number of rotatable bonds is 5. The molecule has 0 saturated heterocycles. The minimum atomic E-state index is 1.02. The predicted molar refractivity (Wildman–Crippen MR) is 117 cm³/mol. The summed E-state index contributed by atoms with van der Waals surface area (Å²) in [6.45, 7) is 3.80. The van der Waals surface area contributed by atoms with E-state index in [2.05, 4.69) is 61.2 Å². The highest BCUT2D eigenvalue weighted by atomic mass is 15.5. The van der Waals surface area contributed by atoms with Crippen molar-refractivity contribution in [3.05, 3.63) is 115 Å². The van der Waals surface area contributed by atoms with Crippen LogP contribution in [0.5, 0.6) is 0 Å². The van der Waals surface area contributed by atoms with Gasteiger partial charge in [0.2, 0.25) is 0 Å². The van der Waals surface area contributed by atoms with Crippen LogP contribution >= 0.6 is 0 Å². The quantitative estimate of drug-likeness (QED) is 0.291. The van der Waals surface area contributed by atoms with E-state index in [0.29, 0.717) is 0 Å². The summed E-state index contributed by atoms with van der Waals surface area (Å²) in [7, 11) is 0. The average molecular weight is 348 g/mol. The highest BCUT2D eigenvalue weighted by Gasteiger charge is 2.08. The van der Waals surface area contributed by atoms with Crippen LogP contribution in [0.2, 0.25) is 0 Å². The van der Waals surface area contributed by atoms with Gasteiger partial charge in [-0.3, -0.25) is 0 Å². The van der Waals surface area contributed by atoms with Crippen LogP contribution in [0.15, 0.2) is 109 Å². The number of benzene rings is 4. The molecule has 4 aromatic carbocycles. The number of para-hydroxylation sites is 1. The lowest BCUT2D eigenvalue weighted by Crippen LogP contribution is -2.09. The topological polar surface area (TPSA) is 15.6 Å². The first kappa shape index (κ1) is 16.8. The third kappa shape index (κ3) is 3.80. The molecule has 130 valence electrons. The van der Waals surface area contributed by atoms with Crippen molar-refractivity contribution in [3.63, 3.8) is 0 Å². The van der Waals surface area contributed by atoms with E-state index >= 15 is 0 Å². The van der Waals surface area contributed by atoms with Crippen LogP contribution in [0.3, 0.4) is 0 Å². The van der Waals surface area contributed by atoms with Crippen LogP contribution in [0, 0.1) is 0 Å². The molecule has 4 rings (SSSR count). The van der Waals surface area contributed by atoms with Gasteiger partial charge in [-0.1, -0.05) is 85.5 Å². The number of anilines is 2. The van der Waals surface area contributed by atoms with Crippen LogP contribution < -0.4 is 5.01 Å². The van der Waals surface area contributed by atoms with Gasteiger partial charge in [-0.05, 0) is 46.2 Å². The highest BCUT2D eigenvalue weighted by molar-refractivity contribution is 5.88. The zero-order valence-electron chi connectivity index (χ0n) is 15.0. The number of hydrogen-bond acceptors (Lipinski definition) is 2. The average Bonchev–Trinajstić information content (AvgIpc) is 2.75. The van der Waals surface area contributed by atoms with Crippen molar-refractivity contribution >= 4 is 34.4 Å². The summed E-state index contributed by atoms with van der Waals surface area (Å²) >= 11 is 0. The normalized spacial score (nSPS) is 11.0. The molecule has 2 heteroatoms. The van der Waals surface area contributed by atoms with Gasteiger partial charge in [-0.25, -0.2) is 5.01 Å². The van der Waals surface area contributed by atoms with Gasteiger partial charge in [0, 0.05) is 0 Å². The molecule has 4 aromatic rings. The SMILES string of the molecule is C=Cc1ccc(C=NN(c2ccccc2)c2ccc3ccccc3c2)cc1. The van der Waals surface area contributed by atoms with Crippen molar-refractivity contribution in [2.24, 2.45) is 5.10 Å². The highest BCUT2D eigenvalue weighted by Crippen LogP contribution is 2.28. The van der Waals surface area contributed by atoms with E-state index in [1.165, 1.54) is 10.8 Å². The first-order valence-electron chi connectivity index (χ1n) is 8.94. The van der Waals surface area contributed by atoms with Gasteiger partial charge in [-0.2, -0.15) is 5.10 Å². The van der Waals surface area contributed by atoms with Crippen LogP contribution in [-0.2, 0) is 0 Å². The van der Waals surface area contributed by atoms with E-state index in [9.17, 15) is 0 Å². The minimum absolute atomic E-state index is 1.02. The summed E-state index contributed by atoms with van der Waals surface area (Å²) < 4.78 is 0. The number of fused-ring (bicyclic) bond motifs is 1. The number of hydrogen-bond donors (Lipinski definition) is 0. The van der Waals surface area contributed by atoms with Crippen LogP contribution in [0.25, 0.3) is 16.8 Å². The molecule has 0 aromatic heterocycles. The zero-order valence-corrected chi connectivity index (χ0v) is 15.0. The van der Waals surface area contributed by atoms with E-state index in [-0.39, 0.29) is 0 Å². The Morgan fingerprint density at radius 1 is 0.630 bits per heavy atom. The Balaban J connectivity index is 1.74. The van der Waals surface area contributed by atoms with Crippen molar-refractivity contribution in [2.45, 2.75) is 0 Å². The second kappa shape index (κ2) is 7.71. The maximum absolute atomic E-state index is 4.78. The molecule has 0 amide bonds. The summed E-state index contributed by atoms with van der Waals surface area (Å²) in [6, 6.07) is 33.1. The van der Waals surface area contributed by atoms with Crippen LogP contribution in [0.4, 0.5) is 11.4 Å². The summed E-state index contributed by atoms with van der Waals surface area (Å²) in [5.41, 5.74) is 4.19. The molecule has 0 fully saturated rings. The lowest BCUT2D eigenvalue weighted by atomic mass is 10.1. The Hall–Kier alpha value is -3.65.